The van der Waals surface area contributed by atoms with Crippen molar-refractivity contribution in [3.05, 3.63) is 0 Å². The molecule has 0 radical (unpaired) electrons. The average Bonchev–Trinajstić information content (AvgIpc) is 2.02. The van der Waals surface area contributed by atoms with Crippen molar-refractivity contribution in [2.45, 2.75) is 27.1 Å². The summed E-state index contributed by atoms with van der Waals surface area (Å²) in [5, 5.41) is 0. The van der Waals surface area contributed by atoms with Gasteiger partial charge in [-0.05, 0) is 5.41 Å². The van der Waals surface area contributed by atoms with E-state index in [1.54, 1.807) is 0 Å². The van der Waals surface area contributed by atoms with Crippen molar-refractivity contribution in [2.75, 3.05) is 26.4 Å². The predicted octanol–water partition coefficient (Wildman–Crippen LogP) is 1.42. The second kappa shape index (κ2) is 4.21. The third kappa shape index (κ3) is 4.04. The van der Waals surface area contributed by atoms with Crippen molar-refractivity contribution in [2.24, 2.45) is 5.41 Å². The Labute approximate surface area is 74.0 Å². The van der Waals surface area contributed by atoms with Gasteiger partial charge < -0.3 is 14.2 Å². The predicted molar refractivity (Wildman–Crippen MR) is 46.0 cm³/mol. The summed E-state index contributed by atoms with van der Waals surface area (Å²) in [7, 11) is 0. The van der Waals surface area contributed by atoms with Crippen LogP contribution in [0.15, 0.2) is 0 Å². The molecule has 72 valence electrons. The first-order valence-electron chi connectivity index (χ1n) is 4.39. The molecular weight excluding hydrogens is 156 g/mol. The minimum absolute atomic E-state index is 0.155. The molecule has 1 aliphatic heterocycles. The zero-order chi connectivity index (χ0) is 9.03. The van der Waals surface area contributed by atoms with E-state index < -0.39 is 0 Å². The van der Waals surface area contributed by atoms with E-state index in [9.17, 15) is 0 Å². The van der Waals surface area contributed by atoms with Crippen LogP contribution in [0.1, 0.15) is 20.8 Å². The smallest absolute Gasteiger partial charge is 0.180 e. The fraction of sp³-hybridized carbons (Fsp3) is 1.00. The maximum absolute atomic E-state index is 5.50. The topological polar surface area (TPSA) is 27.7 Å². The van der Waals surface area contributed by atoms with Crippen molar-refractivity contribution in [3.8, 4) is 0 Å². The zero-order valence-electron chi connectivity index (χ0n) is 8.13. The molecule has 1 heterocycles. The average molecular weight is 174 g/mol. The Hall–Kier alpha value is -0.120. The van der Waals surface area contributed by atoms with Gasteiger partial charge in [0.05, 0.1) is 26.4 Å². The molecule has 0 aromatic carbocycles. The highest BCUT2D eigenvalue weighted by atomic mass is 16.7. The maximum Gasteiger partial charge on any atom is 0.180 e. The fourth-order valence-electron chi connectivity index (χ4n) is 0.905. The highest BCUT2D eigenvalue weighted by Gasteiger charge is 2.18. The third-order valence-electron chi connectivity index (χ3n) is 1.49. The van der Waals surface area contributed by atoms with Gasteiger partial charge in [-0.25, -0.2) is 0 Å². The van der Waals surface area contributed by atoms with Gasteiger partial charge in [-0.15, -0.1) is 0 Å². The van der Waals surface area contributed by atoms with Crippen LogP contribution in [0.5, 0.6) is 0 Å². The monoisotopic (exact) mass is 174 g/mol. The number of hydrogen-bond acceptors (Lipinski definition) is 3. The van der Waals surface area contributed by atoms with Crippen molar-refractivity contribution < 1.29 is 14.2 Å². The molecule has 0 amide bonds. The van der Waals surface area contributed by atoms with Gasteiger partial charge in [0, 0.05) is 0 Å². The maximum atomic E-state index is 5.50. The summed E-state index contributed by atoms with van der Waals surface area (Å²) in [4.78, 5) is 0. The molecule has 0 spiro atoms. The van der Waals surface area contributed by atoms with E-state index in [2.05, 4.69) is 20.8 Å². The first kappa shape index (κ1) is 9.96. The fourth-order valence-corrected chi connectivity index (χ4v) is 0.905. The molecule has 0 aromatic rings. The summed E-state index contributed by atoms with van der Waals surface area (Å²) < 4.78 is 16.0. The summed E-state index contributed by atoms with van der Waals surface area (Å²) in [6.07, 6.45) is -0.155. The van der Waals surface area contributed by atoms with Gasteiger partial charge in [-0.2, -0.15) is 0 Å². The van der Waals surface area contributed by atoms with Crippen molar-refractivity contribution >= 4 is 0 Å². The van der Waals surface area contributed by atoms with Crippen LogP contribution < -0.4 is 0 Å². The highest BCUT2D eigenvalue weighted by Crippen LogP contribution is 2.15. The van der Waals surface area contributed by atoms with Crippen LogP contribution >= 0.6 is 0 Å². The second-order valence-corrected chi connectivity index (χ2v) is 4.25. The summed E-state index contributed by atoms with van der Waals surface area (Å²) in [6, 6.07) is 0. The van der Waals surface area contributed by atoms with Gasteiger partial charge in [0.15, 0.2) is 6.29 Å². The first-order chi connectivity index (χ1) is 5.58. The molecular formula is C9H18O3. The van der Waals surface area contributed by atoms with Gasteiger partial charge in [0.1, 0.15) is 0 Å². The summed E-state index contributed by atoms with van der Waals surface area (Å²) in [5.41, 5.74) is 0.195. The Morgan fingerprint density at radius 2 is 2.08 bits per heavy atom. The Kier molecular flexibility index (Phi) is 3.50. The van der Waals surface area contributed by atoms with E-state index in [1.807, 2.05) is 0 Å². The van der Waals surface area contributed by atoms with E-state index >= 15 is 0 Å². The third-order valence-corrected chi connectivity index (χ3v) is 1.49. The van der Waals surface area contributed by atoms with Gasteiger partial charge in [-0.3, -0.25) is 0 Å². The van der Waals surface area contributed by atoms with Crippen LogP contribution in [0.25, 0.3) is 0 Å². The Balaban J connectivity index is 2.13. The minimum atomic E-state index is -0.155. The second-order valence-electron chi connectivity index (χ2n) is 4.25. The van der Waals surface area contributed by atoms with Crippen molar-refractivity contribution in [1.82, 2.24) is 0 Å². The Bertz CT molecular complexity index is 122. The number of ether oxygens (including phenoxy) is 3. The summed E-state index contributed by atoms with van der Waals surface area (Å²) in [5.74, 6) is 0. The van der Waals surface area contributed by atoms with Gasteiger partial charge in [-0.1, -0.05) is 20.8 Å². The highest BCUT2D eigenvalue weighted by molar-refractivity contribution is 4.60. The minimum Gasteiger partial charge on any atom is -0.374 e. The molecule has 0 aromatic heterocycles. The van der Waals surface area contributed by atoms with Crippen LogP contribution in [-0.2, 0) is 14.2 Å². The van der Waals surface area contributed by atoms with Crippen LogP contribution in [-0.4, -0.2) is 32.7 Å². The van der Waals surface area contributed by atoms with E-state index in [4.69, 9.17) is 14.2 Å². The molecule has 3 heteroatoms. The lowest BCUT2D eigenvalue weighted by molar-refractivity contribution is -0.219. The van der Waals surface area contributed by atoms with Crippen LogP contribution in [0.4, 0.5) is 0 Å². The molecule has 1 saturated heterocycles. The SMILES string of the molecule is CC(C)(C)COC1COCCO1. The standard InChI is InChI=1S/C9H18O3/c1-9(2,3)7-12-8-6-10-4-5-11-8/h8H,4-7H2,1-3H3. The van der Waals surface area contributed by atoms with E-state index in [1.165, 1.54) is 0 Å². The molecule has 1 unspecified atom stereocenters. The lowest BCUT2D eigenvalue weighted by Crippen LogP contribution is -2.33. The lowest BCUT2D eigenvalue weighted by Gasteiger charge is -2.26. The van der Waals surface area contributed by atoms with Crippen LogP contribution in [0, 0.1) is 5.41 Å². The summed E-state index contributed by atoms with van der Waals surface area (Å²) in [6.45, 7) is 9.02. The van der Waals surface area contributed by atoms with Crippen LogP contribution in [0.2, 0.25) is 0 Å². The molecule has 1 atom stereocenters. The molecule has 1 fully saturated rings. The van der Waals surface area contributed by atoms with Crippen molar-refractivity contribution in [1.29, 1.82) is 0 Å². The number of hydrogen-bond donors (Lipinski definition) is 0. The number of rotatable bonds is 2. The van der Waals surface area contributed by atoms with E-state index in [0.717, 1.165) is 0 Å². The normalized spacial score (nSPS) is 25.8. The van der Waals surface area contributed by atoms with Crippen LogP contribution in [0.3, 0.4) is 0 Å². The molecule has 3 nitrogen and oxygen atoms in total. The Morgan fingerprint density at radius 3 is 2.58 bits per heavy atom. The molecule has 1 aliphatic rings. The zero-order valence-corrected chi connectivity index (χ0v) is 8.13. The molecule has 1 rings (SSSR count). The van der Waals surface area contributed by atoms with Gasteiger partial charge in [0.2, 0.25) is 0 Å². The summed E-state index contributed by atoms with van der Waals surface area (Å²) >= 11 is 0. The quantitative estimate of drug-likeness (QED) is 0.633. The van der Waals surface area contributed by atoms with E-state index in [-0.39, 0.29) is 11.7 Å². The molecule has 12 heavy (non-hydrogen) atoms. The molecule has 0 aliphatic carbocycles. The van der Waals surface area contributed by atoms with Crippen molar-refractivity contribution in [3.63, 3.8) is 0 Å². The van der Waals surface area contributed by atoms with Gasteiger partial charge >= 0.3 is 0 Å². The largest absolute Gasteiger partial charge is 0.374 e. The molecule has 0 bridgehead atoms. The lowest BCUT2D eigenvalue weighted by atomic mass is 9.99. The Morgan fingerprint density at radius 1 is 1.33 bits per heavy atom. The molecule has 0 N–H and O–H groups in total. The first-order valence-corrected chi connectivity index (χ1v) is 4.39. The molecule has 0 saturated carbocycles. The van der Waals surface area contributed by atoms with E-state index in [0.29, 0.717) is 26.4 Å². The van der Waals surface area contributed by atoms with Gasteiger partial charge in [0.25, 0.3) is 0 Å².